The average molecular weight is 323 g/mol. The van der Waals surface area contributed by atoms with E-state index in [0.717, 1.165) is 29.5 Å². The molecule has 2 aromatic rings. The second-order valence-electron chi connectivity index (χ2n) is 5.97. The van der Waals surface area contributed by atoms with Crippen molar-refractivity contribution in [2.45, 2.75) is 25.8 Å². The lowest BCUT2D eigenvalue weighted by Crippen LogP contribution is -2.45. The van der Waals surface area contributed by atoms with Crippen molar-refractivity contribution in [2.24, 2.45) is 0 Å². The normalized spacial score (nSPS) is 18.0. The van der Waals surface area contributed by atoms with Gasteiger partial charge in [0.25, 0.3) is 6.01 Å². The largest absolute Gasteiger partial charge is 0.423 e. The molecule has 0 spiro atoms. The van der Waals surface area contributed by atoms with Gasteiger partial charge in [-0.25, -0.2) is 12.7 Å². The Labute approximate surface area is 130 Å². The van der Waals surface area contributed by atoms with Crippen LogP contribution < -0.4 is 4.90 Å². The first-order valence-corrected chi connectivity index (χ1v) is 9.24. The number of oxazole rings is 1. The average Bonchev–Trinajstić information content (AvgIpc) is 2.88. The second-order valence-corrected chi connectivity index (χ2v) is 7.95. The van der Waals surface area contributed by atoms with Crippen LogP contribution in [0.4, 0.5) is 6.01 Å². The zero-order chi connectivity index (χ0) is 15.9. The number of hydrogen-bond acceptors (Lipinski definition) is 5. The van der Waals surface area contributed by atoms with E-state index in [-0.39, 0.29) is 6.04 Å². The Bertz CT molecular complexity index is 776. The van der Waals surface area contributed by atoms with Crippen LogP contribution in [0.15, 0.2) is 22.6 Å². The third-order valence-electron chi connectivity index (χ3n) is 4.27. The Kier molecular flexibility index (Phi) is 3.86. The highest BCUT2D eigenvalue weighted by atomic mass is 32.2. The number of fused-ring (bicyclic) bond motifs is 1. The van der Waals surface area contributed by atoms with Gasteiger partial charge in [0.05, 0.1) is 6.26 Å². The number of sulfonamides is 1. The van der Waals surface area contributed by atoms with Gasteiger partial charge in [-0.05, 0) is 37.5 Å². The quantitative estimate of drug-likeness (QED) is 0.864. The van der Waals surface area contributed by atoms with E-state index in [1.807, 2.05) is 37.1 Å². The molecule has 6 nitrogen and oxygen atoms in total. The minimum Gasteiger partial charge on any atom is -0.423 e. The van der Waals surface area contributed by atoms with Gasteiger partial charge in [0.2, 0.25) is 10.0 Å². The van der Waals surface area contributed by atoms with Gasteiger partial charge in [0.1, 0.15) is 5.52 Å². The van der Waals surface area contributed by atoms with E-state index < -0.39 is 10.0 Å². The lowest BCUT2D eigenvalue weighted by molar-refractivity contribution is 0.311. The summed E-state index contributed by atoms with van der Waals surface area (Å²) in [7, 11) is -1.13. The molecule has 1 aromatic heterocycles. The monoisotopic (exact) mass is 323 g/mol. The van der Waals surface area contributed by atoms with Crippen LogP contribution in [-0.2, 0) is 10.0 Å². The maximum absolute atomic E-state index is 11.6. The predicted octanol–water partition coefficient (Wildman–Crippen LogP) is 2.00. The predicted molar refractivity (Wildman–Crippen MR) is 86.6 cm³/mol. The fourth-order valence-corrected chi connectivity index (χ4v) is 3.77. The van der Waals surface area contributed by atoms with Gasteiger partial charge >= 0.3 is 0 Å². The summed E-state index contributed by atoms with van der Waals surface area (Å²) in [4.78, 5) is 6.57. The van der Waals surface area contributed by atoms with Crippen LogP contribution in [0.2, 0.25) is 0 Å². The number of anilines is 1. The summed E-state index contributed by atoms with van der Waals surface area (Å²) in [5.74, 6) is 0. The molecule has 1 aliphatic rings. The van der Waals surface area contributed by atoms with E-state index in [2.05, 4.69) is 4.98 Å². The molecule has 1 aliphatic heterocycles. The highest BCUT2D eigenvalue weighted by Crippen LogP contribution is 2.26. The molecule has 0 atom stereocenters. The maximum atomic E-state index is 11.6. The van der Waals surface area contributed by atoms with Crippen molar-refractivity contribution in [3.63, 3.8) is 0 Å². The second kappa shape index (κ2) is 5.55. The van der Waals surface area contributed by atoms with E-state index in [4.69, 9.17) is 4.42 Å². The molecule has 0 unspecified atom stereocenters. The van der Waals surface area contributed by atoms with Gasteiger partial charge in [0.15, 0.2) is 5.58 Å². The molecular formula is C15H21N3O3S. The number of aromatic nitrogens is 1. The first-order valence-electron chi connectivity index (χ1n) is 7.40. The van der Waals surface area contributed by atoms with Crippen LogP contribution in [-0.4, -0.2) is 50.1 Å². The molecule has 0 radical (unpaired) electrons. The molecule has 0 N–H and O–H groups in total. The smallest absolute Gasteiger partial charge is 0.298 e. The topological polar surface area (TPSA) is 66.7 Å². The summed E-state index contributed by atoms with van der Waals surface area (Å²) >= 11 is 0. The van der Waals surface area contributed by atoms with Crippen molar-refractivity contribution in [2.75, 3.05) is 31.3 Å². The number of hydrogen-bond donors (Lipinski definition) is 0. The Hall–Kier alpha value is -1.60. The number of piperidine rings is 1. The standard InChI is InChI=1S/C15H21N3O3S/c1-11-4-5-14-13(10-11)16-15(21-14)17(2)12-6-8-18(9-7-12)22(3,19)20/h4-5,10,12H,6-9H2,1-3H3. The molecule has 0 amide bonds. The molecule has 2 heterocycles. The molecule has 120 valence electrons. The van der Waals surface area contributed by atoms with Gasteiger partial charge in [0, 0.05) is 26.2 Å². The van der Waals surface area contributed by atoms with Gasteiger partial charge in [-0.1, -0.05) is 6.07 Å². The number of aryl methyl sites for hydroxylation is 1. The first-order chi connectivity index (χ1) is 10.3. The van der Waals surface area contributed by atoms with Crippen molar-refractivity contribution in [3.8, 4) is 0 Å². The van der Waals surface area contributed by atoms with Gasteiger partial charge in [-0.2, -0.15) is 4.98 Å². The first kappa shape index (κ1) is 15.3. The number of nitrogens with zero attached hydrogens (tertiary/aromatic N) is 3. The molecule has 1 fully saturated rings. The van der Waals surface area contributed by atoms with Crippen LogP contribution in [0.3, 0.4) is 0 Å². The number of rotatable bonds is 3. The summed E-state index contributed by atoms with van der Waals surface area (Å²) in [6, 6.07) is 6.77. The van der Waals surface area contributed by atoms with Crippen LogP contribution >= 0.6 is 0 Å². The molecule has 3 rings (SSSR count). The summed E-state index contributed by atoms with van der Waals surface area (Å²) in [5, 5.41) is 0. The zero-order valence-electron chi connectivity index (χ0n) is 13.1. The minimum atomic E-state index is -3.09. The van der Waals surface area contributed by atoms with E-state index in [1.54, 1.807) is 0 Å². The summed E-state index contributed by atoms with van der Waals surface area (Å²) in [6.45, 7) is 3.12. The summed E-state index contributed by atoms with van der Waals surface area (Å²) in [6.07, 6.45) is 2.82. The van der Waals surface area contributed by atoms with Crippen LogP contribution in [0.5, 0.6) is 0 Å². The molecular weight excluding hydrogens is 302 g/mol. The minimum absolute atomic E-state index is 0.243. The highest BCUT2D eigenvalue weighted by Gasteiger charge is 2.28. The Morgan fingerprint density at radius 2 is 2.00 bits per heavy atom. The van der Waals surface area contributed by atoms with Crippen molar-refractivity contribution in [3.05, 3.63) is 23.8 Å². The molecule has 7 heteroatoms. The van der Waals surface area contributed by atoms with Crippen LogP contribution in [0, 0.1) is 6.92 Å². The zero-order valence-corrected chi connectivity index (χ0v) is 13.9. The Morgan fingerprint density at radius 1 is 1.32 bits per heavy atom. The molecule has 1 saturated heterocycles. The number of benzene rings is 1. The third-order valence-corrected chi connectivity index (χ3v) is 5.58. The van der Waals surface area contributed by atoms with E-state index in [0.29, 0.717) is 19.1 Å². The van der Waals surface area contributed by atoms with E-state index >= 15 is 0 Å². The van der Waals surface area contributed by atoms with Crippen LogP contribution in [0.1, 0.15) is 18.4 Å². The Balaban J connectivity index is 1.75. The lowest BCUT2D eigenvalue weighted by Gasteiger charge is -2.34. The molecule has 0 aliphatic carbocycles. The molecule has 0 bridgehead atoms. The SMILES string of the molecule is Cc1ccc2oc(N(C)C3CCN(S(C)(=O)=O)CC3)nc2c1. The summed E-state index contributed by atoms with van der Waals surface area (Å²) < 4.78 is 30.5. The molecule has 1 aromatic carbocycles. The van der Waals surface area contributed by atoms with Gasteiger partial charge in [-0.3, -0.25) is 0 Å². The van der Waals surface area contributed by atoms with Crippen molar-refractivity contribution in [1.82, 2.24) is 9.29 Å². The Morgan fingerprint density at radius 3 is 2.64 bits per heavy atom. The molecule has 22 heavy (non-hydrogen) atoms. The van der Waals surface area contributed by atoms with Crippen molar-refractivity contribution < 1.29 is 12.8 Å². The van der Waals surface area contributed by atoms with Crippen LogP contribution in [0.25, 0.3) is 11.1 Å². The maximum Gasteiger partial charge on any atom is 0.298 e. The van der Waals surface area contributed by atoms with Gasteiger partial charge in [-0.15, -0.1) is 0 Å². The van der Waals surface area contributed by atoms with Gasteiger partial charge < -0.3 is 9.32 Å². The van der Waals surface area contributed by atoms with E-state index in [9.17, 15) is 8.42 Å². The fraction of sp³-hybridized carbons (Fsp3) is 0.533. The molecule has 0 saturated carbocycles. The van der Waals surface area contributed by atoms with E-state index in [1.165, 1.54) is 10.6 Å². The summed E-state index contributed by atoms with van der Waals surface area (Å²) in [5.41, 5.74) is 2.79. The fourth-order valence-electron chi connectivity index (χ4n) is 2.89. The lowest BCUT2D eigenvalue weighted by atomic mass is 10.1. The third kappa shape index (κ3) is 2.96. The van der Waals surface area contributed by atoms with Crippen molar-refractivity contribution >= 4 is 27.1 Å². The highest BCUT2D eigenvalue weighted by molar-refractivity contribution is 7.88. The van der Waals surface area contributed by atoms with Crippen molar-refractivity contribution in [1.29, 1.82) is 0 Å².